The molecule has 2 rings (SSSR count). The number of rotatable bonds is 7. The molecule has 0 bridgehead atoms. The van der Waals surface area contributed by atoms with Crippen molar-refractivity contribution in [2.45, 2.75) is 56.1 Å². The standard InChI is InChI=1S/C12H20N6O2S/c1-3-8(4-2)18-10(19)7-9(11(18)20)21-12-14-15-16-17(12)6-5-13/h8-9H,3-7,13H2,1-2H3. The first-order valence-electron chi connectivity index (χ1n) is 7.11. The molecule has 1 fully saturated rings. The summed E-state index contributed by atoms with van der Waals surface area (Å²) in [5.41, 5.74) is 5.49. The molecule has 0 spiro atoms. The van der Waals surface area contributed by atoms with E-state index in [-0.39, 0.29) is 24.3 Å². The van der Waals surface area contributed by atoms with Gasteiger partial charge < -0.3 is 5.73 Å². The number of carbonyl (C=O) groups excluding carboxylic acids is 2. The van der Waals surface area contributed by atoms with Crippen LogP contribution in [0, 0.1) is 0 Å². The Kier molecular flexibility index (Phi) is 5.29. The summed E-state index contributed by atoms with van der Waals surface area (Å²) < 4.78 is 1.56. The Bertz CT molecular complexity index is 516. The Morgan fingerprint density at radius 3 is 2.71 bits per heavy atom. The summed E-state index contributed by atoms with van der Waals surface area (Å²) in [6.07, 6.45) is 1.75. The van der Waals surface area contributed by atoms with Crippen LogP contribution in [0.2, 0.25) is 0 Å². The summed E-state index contributed by atoms with van der Waals surface area (Å²) in [6.45, 7) is 4.87. The van der Waals surface area contributed by atoms with E-state index in [0.717, 1.165) is 12.8 Å². The maximum absolute atomic E-state index is 12.5. The molecule has 2 N–H and O–H groups in total. The third kappa shape index (κ3) is 3.24. The summed E-state index contributed by atoms with van der Waals surface area (Å²) >= 11 is 1.24. The van der Waals surface area contributed by atoms with Crippen LogP contribution in [0.3, 0.4) is 0 Å². The van der Waals surface area contributed by atoms with Crippen LogP contribution in [0.4, 0.5) is 0 Å². The number of nitrogens with zero attached hydrogens (tertiary/aromatic N) is 5. The van der Waals surface area contributed by atoms with Crippen LogP contribution in [0.1, 0.15) is 33.1 Å². The number of carbonyl (C=O) groups is 2. The van der Waals surface area contributed by atoms with E-state index >= 15 is 0 Å². The topological polar surface area (TPSA) is 107 Å². The second-order valence-electron chi connectivity index (χ2n) is 4.86. The first-order chi connectivity index (χ1) is 10.1. The summed E-state index contributed by atoms with van der Waals surface area (Å²) in [5.74, 6) is -0.245. The molecule has 1 aromatic rings. The summed E-state index contributed by atoms with van der Waals surface area (Å²) in [7, 11) is 0. The molecule has 0 radical (unpaired) electrons. The van der Waals surface area contributed by atoms with Gasteiger partial charge in [-0.3, -0.25) is 14.5 Å². The molecule has 0 aromatic carbocycles. The molecule has 1 aliphatic rings. The largest absolute Gasteiger partial charge is 0.329 e. The van der Waals surface area contributed by atoms with Crippen molar-refractivity contribution in [2.75, 3.05) is 6.54 Å². The zero-order chi connectivity index (χ0) is 15.4. The van der Waals surface area contributed by atoms with Crippen LogP contribution in [-0.2, 0) is 16.1 Å². The van der Waals surface area contributed by atoms with Gasteiger partial charge in [-0.25, -0.2) is 4.68 Å². The fraction of sp³-hybridized carbons (Fsp3) is 0.750. The average Bonchev–Trinajstić information content (AvgIpc) is 3.01. The lowest BCUT2D eigenvalue weighted by molar-refractivity contribution is -0.141. The van der Waals surface area contributed by atoms with Crippen LogP contribution in [0.5, 0.6) is 0 Å². The molecule has 1 aliphatic heterocycles. The third-order valence-electron chi connectivity index (χ3n) is 3.54. The maximum atomic E-state index is 12.5. The predicted molar refractivity (Wildman–Crippen MR) is 77.4 cm³/mol. The zero-order valence-electron chi connectivity index (χ0n) is 12.2. The van der Waals surface area contributed by atoms with E-state index in [1.54, 1.807) is 4.68 Å². The Labute approximate surface area is 127 Å². The van der Waals surface area contributed by atoms with Gasteiger partial charge in [0.05, 0.1) is 6.54 Å². The van der Waals surface area contributed by atoms with Crippen LogP contribution in [0.25, 0.3) is 0 Å². The summed E-state index contributed by atoms with van der Waals surface area (Å²) in [6, 6.07) is -0.0179. The highest BCUT2D eigenvalue weighted by Crippen LogP contribution is 2.31. The number of likely N-dealkylation sites (tertiary alicyclic amines) is 1. The Hall–Kier alpha value is -1.48. The number of imide groups is 1. The Morgan fingerprint density at radius 1 is 1.38 bits per heavy atom. The predicted octanol–water partition coefficient (Wildman–Crippen LogP) is 0.0400. The van der Waals surface area contributed by atoms with Gasteiger partial charge in [-0.1, -0.05) is 25.6 Å². The summed E-state index contributed by atoms with van der Waals surface area (Å²) in [4.78, 5) is 26.0. The second-order valence-corrected chi connectivity index (χ2v) is 6.03. The lowest BCUT2D eigenvalue weighted by Crippen LogP contribution is -2.40. The van der Waals surface area contributed by atoms with Gasteiger partial charge in [-0.2, -0.15) is 0 Å². The molecule has 8 nitrogen and oxygen atoms in total. The van der Waals surface area contributed by atoms with E-state index in [1.807, 2.05) is 13.8 Å². The van der Waals surface area contributed by atoms with Gasteiger partial charge >= 0.3 is 0 Å². The van der Waals surface area contributed by atoms with Crippen molar-refractivity contribution < 1.29 is 9.59 Å². The first-order valence-corrected chi connectivity index (χ1v) is 7.99. The van der Waals surface area contributed by atoms with E-state index in [1.165, 1.54) is 16.7 Å². The van der Waals surface area contributed by atoms with Crippen molar-refractivity contribution in [3.05, 3.63) is 0 Å². The van der Waals surface area contributed by atoms with Gasteiger partial charge in [0, 0.05) is 19.0 Å². The fourth-order valence-electron chi connectivity index (χ4n) is 2.42. The number of aromatic nitrogens is 4. The highest BCUT2D eigenvalue weighted by Gasteiger charge is 2.42. The lowest BCUT2D eigenvalue weighted by Gasteiger charge is -2.24. The van der Waals surface area contributed by atoms with E-state index in [2.05, 4.69) is 15.5 Å². The lowest BCUT2D eigenvalue weighted by atomic mass is 10.1. The molecular weight excluding hydrogens is 292 g/mol. The molecule has 21 heavy (non-hydrogen) atoms. The van der Waals surface area contributed by atoms with Gasteiger partial charge in [0.1, 0.15) is 5.25 Å². The van der Waals surface area contributed by atoms with Crippen molar-refractivity contribution in [2.24, 2.45) is 5.73 Å². The number of nitrogens with two attached hydrogens (primary N) is 1. The number of hydrogen-bond donors (Lipinski definition) is 1. The minimum Gasteiger partial charge on any atom is -0.329 e. The van der Waals surface area contributed by atoms with Crippen LogP contribution >= 0.6 is 11.8 Å². The molecule has 1 aromatic heterocycles. The first kappa shape index (κ1) is 15.9. The SMILES string of the molecule is CCC(CC)N1C(=O)CC(Sc2nnnn2CCN)C1=O. The van der Waals surface area contributed by atoms with Gasteiger partial charge in [-0.15, -0.1) is 5.10 Å². The fourth-order valence-corrected chi connectivity index (χ4v) is 3.45. The quantitative estimate of drug-likeness (QED) is 0.708. The zero-order valence-corrected chi connectivity index (χ0v) is 13.0. The molecule has 1 unspecified atom stereocenters. The number of tetrazole rings is 1. The van der Waals surface area contributed by atoms with Crippen molar-refractivity contribution in [1.82, 2.24) is 25.1 Å². The molecule has 2 heterocycles. The number of thioether (sulfide) groups is 1. The van der Waals surface area contributed by atoms with Gasteiger partial charge in [0.15, 0.2) is 0 Å². The number of hydrogen-bond acceptors (Lipinski definition) is 7. The second kappa shape index (κ2) is 6.99. The van der Waals surface area contributed by atoms with E-state index in [4.69, 9.17) is 5.73 Å². The van der Waals surface area contributed by atoms with Crippen molar-refractivity contribution in [1.29, 1.82) is 0 Å². The number of amides is 2. The molecule has 1 saturated heterocycles. The van der Waals surface area contributed by atoms with Crippen LogP contribution in [0.15, 0.2) is 5.16 Å². The Morgan fingerprint density at radius 2 is 2.10 bits per heavy atom. The highest BCUT2D eigenvalue weighted by atomic mass is 32.2. The van der Waals surface area contributed by atoms with Crippen molar-refractivity contribution in [3.63, 3.8) is 0 Å². The third-order valence-corrected chi connectivity index (χ3v) is 4.69. The average molecular weight is 312 g/mol. The molecule has 9 heteroatoms. The molecule has 0 aliphatic carbocycles. The van der Waals surface area contributed by atoms with Crippen molar-refractivity contribution >= 4 is 23.6 Å². The van der Waals surface area contributed by atoms with Crippen LogP contribution < -0.4 is 5.73 Å². The normalized spacial score (nSPS) is 19.0. The van der Waals surface area contributed by atoms with Gasteiger partial charge in [0.25, 0.3) is 0 Å². The van der Waals surface area contributed by atoms with Crippen molar-refractivity contribution in [3.8, 4) is 0 Å². The van der Waals surface area contributed by atoms with Gasteiger partial charge in [0.2, 0.25) is 17.0 Å². The van der Waals surface area contributed by atoms with Gasteiger partial charge in [-0.05, 0) is 23.3 Å². The van der Waals surface area contributed by atoms with E-state index < -0.39 is 5.25 Å². The highest BCUT2D eigenvalue weighted by molar-refractivity contribution is 8.00. The molecule has 116 valence electrons. The molecule has 0 saturated carbocycles. The smallest absolute Gasteiger partial charge is 0.243 e. The summed E-state index contributed by atoms with van der Waals surface area (Å²) in [5, 5.41) is 11.4. The molecule has 2 amide bonds. The van der Waals surface area contributed by atoms with Crippen LogP contribution in [-0.4, -0.2) is 54.8 Å². The maximum Gasteiger partial charge on any atom is 0.243 e. The minimum absolute atomic E-state index is 0.0179. The van der Waals surface area contributed by atoms with E-state index in [0.29, 0.717) is 18.2 Å². The minimum atomic E-state index is -0.444. The molecule has 1 atom stereocenters. The Balaban J connectivity index is 2.10. The van der Waals surface area contributed by atoms with E-state index in [9.17, 15) is 9.59 Å². The monoisotopic (exact) mass is 312 g/mol. The molecular formula is C12H20N6O2S.